The van der Waals surface area contributed by atoms with Crippen molar-refractivity contribution in [1.29, 1.82) is 0 Å². The molecule has 0 aromatic carbocycles. The molecule has 0 spiro atoms. The largest absolute Gasteiger partial charge is 0.465 e. The van der Waals surface area contributed by atoms with Gasteiger partial charge in [0.25, 0.3) is 0 Å². The zero-order valence-corrected chi connectivity index (χ0v) is 7.19. The van der Waals surface area contributed by atoms with E-state index in [2.05, 4.69) is 9.72 Å². The Kier molecular flexibility index (Phi) is 3.14. The minimum atomic E-state index is -0.422. The molecule has 0 atom stereocenters. The van der Waals surface area contributed by atoms with Crippen molar-refractivity contribution in [2.45, 2.75) is 6.42 Å². The van der Waals surface area contributed by atoms with Crippen LogP contribution in [0.1, 0.15) is 16.1 Å². The van der Waals surface area contributed by atoms with E-state index in [-0.39, 0.29) is 6.42 Å². The number of aromatic nitrogens is 1. The molecule has 1 aromatic heterocycles. The highest BCUT2D eigenvalue weighted by Gasteiger charge is 2.05. The highest BCUT2D eigenvalue weighted by molar-refractivity contribution is 5.89. The van der Waals surface area contributed by atoms with Crippen LogP contribution in [-0.2, 0) is 16.0 Å². The summed E-state index contributed by atoms with van der Waals surface area (Å²) in [5.74, 6) is -0.422. The van der Waals surface area contributed by atoms with Gasteiger partial charge < -0.3 is 9.53 Å². The van der Waals surface area contributed by atoms with E-state index in [1.165, 1.54) is 13.3 Å². The fourth-order valence-corrected chi connectivity index (χ4v) is 0.920. The van der Waals surface area contributed by atoms with Crippen LogP contribution in [0, 0.1) is 0 Å². The number of methoxy groups -OCH3 is 1. The van der Waals surface area contributed by atoms with Crippen LogP contribution in [-0.4, -0.2) is 24.3 Å². The zero-order chi connectivity index (χ0) is 9.68. The molecular weight excluding hydrogens is 170 g/mol. The molecule has 68 valence electrons. The van der Waals surface area contributed by atoms with Gasteiger partial charge in [0, 0.05) is 18.3 Å². The Morgan fingerprint density at radius 1 is 1.69 bits per heavy atom. The Morgan fingerprint density at radius 2 is 2.46 bits per heavy atom. The Labute approximate surface area is 75.5 Å². The number of pyridine rings is 1. The van der Waals surface area contributed by atoms with Gasteiger partial charge in [0.05, 0.1) is 12.7 Å². The monoisotopic (exact) mass is 179 g/mol. The lowest BCUT2D eigenvalue weighted by Gasteiger charge is -1.99. The number of hydrogen-bond acceptors (Lipinski definition) is 4. The maximum atomic E-state index is 11.0. The van der Waals surface area contributed by atoms with Crippen molar-refractivity contribution in [3.8, 4) is 0 Å². The summed E-state index contributed by atoms with van der Waals surface area (Å²) in [6.45, 7) is 0. The Bertz CT molecular complexity index is 322. The normalized spacial score (nSPS) is 9.31. The summed E-state index contributed by atoms with van der Waals surface area (Å²) in [4.78, 5) is 25.1. The molecule has 1 heterocycles. The topological polar surface area (TPSA) is 56.3 Å². The van der Waals surface area contributed by atoms with Crippen LogP contribution >= 0.6 is 0 Å². The molecule has 4 heteroatoms. The van der Waals surface area contributed by atoms with Gasteiger partial charge in [0.1, 0.15) is 6.29 Å². The molecule has 0 aliphatic carbocycles. The van der Waals surface area contributed by atoms with Crippen LogP contribution < -0.4 is 0 Å². The molecule has 0 N–H and O–H groups in total. The average molecular weight is 179 g/mol. The van der Waals surface area contributed by atoms with Crippen LogP contribution in [0.25, 0.3) is 0 Å². The SMILES string of the molecule is COC(=O)c1ccnc(CC=O)c1. The zero-order valence-electron chi connectivity index (χ0n) is 7.19. The van der Waals surface area contributed by atoms with E-state index in [9.17, 15) is 9.59 Å². The van der Waals surface area contributed by atoms with Gasteiger partial charge in [-0.1, -0.05) is 0 Å². The molecule has 0 aliphatic heterocycles. The van der Waals surface area contributed by atoms with E-state index in [0.29, 0.717) is 11.3 Å². The molecular formula is C9H9NO3. The number of carbonyl (C=O) groups is 2. The molecule has 0 amide bonds. The lowest BCUT2D eigenvalue weighted by Crippen LogP contribution is -2.03. The van der Waals surface area contributed by atoms with Gasteiger partial charge in [-0.05, 0) is 12.1 Å². The third-order valence-corrected chi connectivity index (χ3v) is 1.53. The van der Waals surface area contributed by atoms with Crippen molar-refractivity contribution in [3.05, 3.63) is 29.6 Å². The second kappa shape index (κ2) is 4.35. The summed E-state index contributed by atoms with van der Waals surface area (Å²) in [6.07, 6.45) is 2.43. The quantitative estimate of drug-likeness (QED) is 0.504. The van der Waals surface area contributed by atoms with E-state index >= 15 is 0 Å². The van der Waals surface area contributed by atoms with Gasteiger partial charge in [0.2, 0.25) is 0 Å². The van der Waals surface area contributed by atoms with E-state index in [0.717, 1.165) is 6.29 Å². The minimum absolute atomic E-state index is 0.213. The van der Waals surface area contributed by atoms with Gasteiger partial charge >= 0.3 is 5.97 Å². The molecule has 0 unspecified atom stereocenters. The van der Waals surface area contributed by atoms with Gasteiger partial charge in [-0.25, -0.2) is 4.79 Å². The average Bonchev–Trinajstić information content (AvgIpc) is 2.18. The molecule has 0 saturated heterocycles. The maximum absolute atomic E-state index is 11.0. The van der Waals surface area contributed by atoms with Crippen LogP contribution in [0.4, 0.5) is 0 Å². The highest BCUT2D eigenvalue weighted by atomic mass is 16.5. The van der Waals surface area contributed by atoms with Gasteiger partial charge in [-0.2, -0.15) is 0 Å². The summed E-state index contributed by atoms with van der Waals surface area (Å²) in [5.41, 5.74) is 0.979. The Balaban J connectivity index is 2.90. The van der Waals surface area contributed by atoms with Crippen molar-refractivity contribution >= 4 is 12.3 Å². The van der Waals surface area contributed by atoms with Gasteiger partial charge in [-0.15, -0.1) is 0 Å². The fraction of sp³-hybridized carbons (Fsp3) is 0.222. The first-order valence-corrected chi connectivity index (χ1v) is 3.75. The Hall–Kier alpha value is -1.71. The number of carbonyl (C=O) groups excluding carboxylic acids is 2. The minimum Gasteiger partial charge on any atom is -0.465 e. The number of nitrogens with zero attached hydrogens (tertiary/aromatic N) is 1. The van der Waals surface area contributed by atoms with Crippen LogP contribution in [0.2, 0.25) is 0 Å². The first kappa shape index (κ1) is 9.38. The van der Waals surface area contributed by atoms with Crippen molar-refractivity contribution in [2.24, 2.45) is 0 Å². The molecule has 13 heavy (non-hydrogen) atoms. The van der Waals surface area contributed by atoms with E-state index < -0.39 is 5.97 Å². The molecule has 0 radical (unpaired) electrons. The summed E-state index contributed by atoms with van der Waals surface area (Å²) in [5, 5.41) is 0. The lowest BCUT2D eigenvalue weighted by atomic mass is 10.2. The summed E-state index contributed by atoms with van der Waals surface area (Å²) in [6, 6.07) is 3.08. The molecule has 0 saturated carbocycles. The number of hydrogen-bond donors (Lipinski definition) is 0. The molecule has 0 aliphatic rings. The highest BCUT2D eigenvalue weighted by Crippen LogP contribution is 2.03. The van der Waals surface area contributed by atoms with Crippen molar-refractivity contribution in [1.82, 2.24) is 4.98 Å². The number of esters is 1. The molecule has 1 aromatic rings. The van der Waals surface area contributed by atoms with Crippen molar-refractivity contribution in [3.63, 3.8) is 0 Å². The summed E-state index contributed by atoms with van der Waals surface area (Å²) in [7, 11) is 1.31. The standard InChI is InChI=1S/C9H9NO3/c1-13-9(12)7-2-4-10-8(6-7)3-5-11/h2,4-6H,3H2,1H3. The van der Waals surface area contributed by atoms with E-state index in [1.807, 2.05) is 0 Å². The van der Waals surface area contributed by atoms with Crippen LogP contribution in [0.5, 0.6) is 0 Å². The molecule has 0 fully saturated rings. The smallest absolute Gasteiger partial charge is 0.337 e. The second-order valence-electron chi connectivity index (χ2n) is 2.40. The maximum Gasteiger partial charge on any atom is 0.337 e. The molecule has 0 bridgehead atoms. The number of aldehydes is 1. The first-order valence-electron chi connectivity index (χ1n) is 3.75. The predicted molar refractivity (Wildman–Crippen MR) is 45.3 cm³/mol. The molecule has 4 nitrogen and oxygen atoms in total. The summed E-state index contributed by atoms with van der Waals surface area (Å²) < 4.78 is 4.51. The second-order valence-corrected chi connectivity index (χ2v) is 2.40. The number of rotatable bonds is 3. The van der Waals surface area contributed by atoms with Crippen molar-refractivity contribution < 1.29 is 14.3 Å². The third kappa shape index (κ3) is 2.37. The van der Waals surface area contributed by atoms with Crippen molar-refractivity contribution in [2.75, 3.05) is 7.11 Å². The lowest BCUT2D eigenvalue weighted by molar-refractivity contribution is -0.107. The van der Waals surface area contributed by atoms with Crippen LogP contribution in [0.15, 0.2) is 18.3 Å². The molecule has 1 rings (SSSR count). The predicted octanol–water partition coefficient (Wildman–Crippen LogP) is 0.610. The van der Waals surface area contributed by atoms with Gasteiger partial charge in [0.15, 0.2) is 0 Å². The van der Waals surface area contributed by atoms with E-state index in [4.69, 9.17) is 0 Å². The number of ether oxygens (including phenoxy) is 1. The van der Waals surface area contributed by atoms with Gasteiger partial charge in [-0.3, -0.25) is 4.98 Å². The van der Waals surface area contributed by atoms with E-state index in [1.54, 1.807) is 12.1 Å². The van der Waals surface area contributed by atoms with Crippen LogP contribution in [0.3, 0.4) is 0 Å². The first-order chi connectivity index (χ1) is 6.27. The third-order valence-electron chi connectivity index (χ3n) is 1.53. The fourth-order valence-electron chi connectivity index (χ4n) is 0.920. The summed E-state index contributed by atoms with van der Waals surface area (Å²) >= 11 is 0. The Morgan fingerprint density at radius 3 is 3.08 bits per heavy atom.